The van der Waals surface area contributed by atoms with Crippen molar-refractivity contribution in [2.24, 2.45) is 0 Å². The summed E-state index contributed by atoms with van der Waals surface area (Å²) in [5.41, 5.74) is 0.791. The van der Waals surface area contributed by atoms with Gasteiger partial charge < -0.3 is 4.74 Å². The first-order valence-electron chi connectivity index (χ1n) is 3.84. The van der Waals surface area contributed by atoms with Crippen LogP contribution in [0.25, 0.3) is 0 Å². The molecule has 0 radical (unpaired) electrons. The number of benzene rings is 1. The maximum absolute atomic E-state index is 5.83. The zero-order chi connectivity index (χ0) is 9.90. The number of halogens is 3. The lowest BCUT2D eigenvalue weighted by Gasteiger charge is -2.11. The largest absolute Gasteiger partial charge is 0.494 e. The van der Waals surface area contributed by atoms with Gasteiger partial charge in [0.15, 0.2) is 3.24 Å². The second-order valence-corrected chi connectivity index (χ2v) is 5.89. The van der Waals surface area contributed by atoms with Crippen LogP contribution in [-0.4, -0.2) is 6.61 Å². The van der Waals surface area contributed by atoms with Gasteiger partial charge >= 0.3 is 0 Å². The molecule has 0 saturated carbocycles. The molecule has 1 aromatic carbocycles. The van der Waals surface area contributed by atoms with Gasteiger partial charge in [0.1, 0.15) is 5.75 Å². The minimum Gasteiger partial charge on any atom is -0.494 e. The smallest absolute Gasteiger partial charge is 0.197 e. The summed E-state index contributed by atoms with van der Waals surface area (Å²) in [6.45, 7) is 2.59. The maximum Gasteiger partial charge on any atom is 0.197 e. The zero-order valence-electron chi connectivity index (χ0n) is 7.06. The van der Waals surface area contributed by atoms with Gasteiger partial charge in [0.25, 0.3) is 0 Å². The van der Waals surface area contributed by atoms with Gasteiger partial charge in [-0.3, -0.25) is 0 Å². The topological polar surface area (TPSA) is 9.23 Å². The molecule has 0 saturated heterocycles. The molecule has 4 heteroatoms. The van der Waals surface area contributed by atoms with E-state index in [1.54, 1.807) is 0 Å². The molecule has 1 aromatic rings. The Balaban J connectivity index is 2.81. The lowest BCUT2D eigenvalue weighted by Crippen LogP contribution is -1.99. The average Bonchev–Trinajstić information content (AvgIpc) is 2.04. The van der Waals surface area contributed by atoms with Crippen molar-refractivity contribution in [1.29, 1.82) is 0 Å². The molecular weight excluding hydrogens is 275 g/mol. The van der Waals surface area contributed by atoms with Crippen LogP contribution in [-0.2, 0) is 3.24 Å². The third-order valence-corrected chi connectivity index (χ3v) is 2.39. The van der Waals surface area contributed by atoms with Gasteiger partial charge in [-0.05, 0) is 40.5 Å². The fourth-order valence-corrected chi connectivity index (χ4v) is 1.42. The summed E-state index contributed by atoms with van der Waals surface area (Å²) >= 11 is 14.8. The molecule has 0 amide bonds. The Morgan fingerprint density at radius 1 is 1.31 bits per heavy atom. The highest BCUT2D eigenvalue weighted by Gasteiger charge is 2.21. The van der Waals surface area contributed by atoms with Gasteiger partial charge in [-0.2, -0.15) is 0 Å². The minimum absolute atomic E-state index is 0.653. The SMILES string of the molecule is CCOc1ccc(C(Cl)(Cl)Br)cc1. The van der Waals surface area contributed by atoms with E-state index in [2.05, 4.69) is 15.9 Å². The molecule has 0 aliphatic carbocycles. The number of alkyl halides is 3. The number of ether oxygens (including phenoxy) is 1. The summed E-state index contributed by atoms with van der Waals surface area (Å²) in [4.78, 5) is 0. The van der Waals surface area contributed by atoms with Crippen molar-refractivity contribution in [3.63, 3.8) is 0 Å². The predicted molar refractivity (Wildman–Crippen MR) is 59.9 cm³/mol. The molecule has 13 heavy (non-hydrogen) atoms. The summed E-state index contributed by atoms with van der Waals surface area (Å²) in [5, 5.41) is 0. The van der Waals surface area contributed by atoms with Crippen LogP contribution in [0, 0.1) is 0 Å². The molecule has 0 fully saturated rings. The summed E-state index contributed by atoms with van der Waals surface area (Å²) in [6.07, 6.45) is 0. The van der Waals surface area contributed by atoms with Crippen molar-refractivity contribution in [1.82, 2.24) is 0 Å². The van der Waals surface area contributed by atoms with Gasteiger partial charge in [0.2, 0.25) is 0 Å². The van der Waals surface area contributed by atoms with E-state index < -0.39 is 3.24 Å². The molecule has 0 atom stereocenters. The molecule has 72 valence electrons. The van der Waals surface area contributed by atoms with Crippen LogP contribution in [0.3, 0.4) is 0 Å². The molecule has 0 spiro atoms. The number of rotatable bonds is 3. The molecule has 0 N–H and O–H groups in total. The normalized spacial score (nSPS) is 11.4. The van der Waals surface area contributed by atoms with E-state index in [0.717, 1.165) is 11.3 Å². The average molecular weight is 284 g/mol. The zero-order valence-corrected chi connectivity index (χ0v) is 10.2. The van der Waals surface area contributed by atoms with E-state index in [9.17, 15) is 0 Å². The monoisotopic (exact) mass is 282 g/mol. The second-order valence-electron chi connectivity index (χ2n) is 2.46. The highest BCUT2D eigenvalue weighted by atomic mass is 79.9. The Labute approximate surface area is 96.1 Å². The van der Waals surface area contributed by atoms with Crippen molar-refractivity contribution in [3.05, 3.63) is 29.8 Å². The van der Waals surface area contributed by atoms with Crippen molar-refractivity contribution >= 4 is 39.1 Å². The molecule has 1 rings (SSSR count). The van der Waals surface area contributed by atoms with E-state index in [0.29, 0.717) is 6.61 Å². The van der Waals surface area contributed by atoms with Crippen LogP contribution < -0.4 is 4.74 Å². The fourth-order valence-electron chi connectivity index (χ4n) is 0.907. The summed E-state index contributed by atoms with van der Waals surface area (Å²) in [6, 6.07) is 7.30. The Morgan fingerprint density at radius 2 is 1.85 bits per heavy atom. The quantitative estimate of drug-likeness (QED) is 0.760. The van der Waals surface area contributed by atoms with E-state index in [1.807, 2.05) is 31.2 Å². The Bertz CT molecular complexity index is 266. The summed E-state index contributed by atoms with van der Waals surface area (Å²) in [5.74, 6) is 0.816. The van der Waals surface area contributed by atoms with Crippen molar-refractivity contribution < 1.29 is 4.74 Å². The highest BCUT2D eigenvalue weighted by Crippen LogP contribution is 2.40. The molecule has 0 heterocycles. The molecule has 0 aliphatic rings. The molecule has 0 aliphatic heterocycles. The molecule has 0 unspecified atom stereocenters. The lowest BCUT2D eigenvalue weighted by molar-refractivity contribution is 0.340. The van der Waals surface area contributed by atoms with Gasteiger partial charge in [-0.25, -0.2) is 0 Å². The number of hydrogen-bond donors (Lipinski definition) is 0. The first-order chi connectivity index (χ1) is 6.04. The minimum atomic E-state index is -1.02. The molecule has 0 bridgehead atoms. The standard InChI is InChI=1S/C9H9BrCl2O/c1-2-13-8-5-3-7(4-6-8)9(10,11)12/h3-6H,2H2,1H3. The van der Waals surface area contributed by atoms with E-state index >= 15 is 0 Å². The van der Waals surface area contributed by atoms with Gasteiger partial charge in [0, 0.05) is 0 Å². The summed E-state index contributed by atoms with van der Waals surface area (Å²) in [7, 11) is 0. The summed E-state index contributed by atoms with van der Waals surface area (Å²) < 4.78 is 4.26. The third kappa shape index (κ3) is 3.37. The van der Waals surface area contributed by atoms with Crippen molar-refractivity contribution in [2.75, 3.05) is 6.61 Å². The van der Waals surface area contributed by atoms with Crippen LogP contribution >= 0.6 is 39.1 Å². The Kier molecular flexibility index (Phi) is 3.89. The Hall–Kier alpha value is 0.0800. The van der Waals surface area contributed by atoms with E-state index in [-0.39, 0.29) is 0 Å². The van der Waals surface area contributed by atoms with Crippen molar-refractivity contribution in [3.8, 4) is 5.75 Å². The Morgan fingerprint density at radius 3 is 2.23 bits per heavy atom. The van der Waals surface area contributed by atoms with Gasteiger partial charge in [0.05, 0.1) is 6.61 Å². The molecule has 1 nitrogen and oxygen atoms in total. The number of hydrogen-bond acceptors (Lipinski definition) is 1. The van der Waals surface area contributed by atoms with Crippen LogP contribution in [0.1, 0.15) is 12.5 Å². The van der Waals surface area contributed by atoms with Crippen LogP contribution in [0.15, 0.2) is 24.3 Å². The first kappa shape index (κ1) is 11.2. The highest BCUT2D eigenvalue weighted by molar-refractivity contribution is 9.10. The predicted octanol–water partition coefficient (Wildman–Crippen LogP) is 4.07. The maximum atomic E-state index is 5.83. The van der Waals surface area contributed by atoms with Gasteiger partial charge in [-0.1, -0.05) is 35.3 Å². The van der Waals surface area contributed by atoms with E-state index in [4.69, 9.17) is 27.9 Å². The third-order valence-electron chi connectivity index (χ3n) is 1.49. The first-order valence-corrected chi connectivity index (χ1v) is 5.39. The molecule has 0 aromatic heterocycles. The van der Waals surface area contributed by atoms with Crippen LogP contribution in [0.2, 0.25) is 0 Å². The molecular formula is C9H9BrCl2O. The van der Waals surface area contributed by atoms with Crippen molar-refractivity contribution in [2.45, 2.75) is 10.2 Å². The van der Waals surface area contributed by atoms with Crippen LogP contribution in [0.4, 0.5) is 0 Å². The van der Waals surface area contributed by atoms with Crippen LogP contribution in [0.5, 0.6) is 5.75 Å². The van der Waals surface area contributed by atoms with Gasteiger partial charge in [-0.15, -0.1) is 0 Å². The van der Waals surface area contributed by atoms with E-state index in [1.165, 1.54) is 0 Å². The lowest BCUT2D eigenvalue weighted by atomic mass is 10.2. The second kappa shape index (κ2) is 4.54. The fraction of sp³-hybridized carbons (Fsp3) is 0.333.